The molecule has 1 aliphatic rings. The van der Waals surface area contributed by atoms with E-state index in [1.165, 1.54) is 6.42 Å². The number of nitrogens with one attached hydrogen (secondary N) is 2. The van der Waals surface area contributed by atoms with Gasteiger partial charge >= 0.3 is 6.09 Å². The Morgan fingerprint density at radius 3 is 2.24 bits per heavy atom. The third-order valence-electron chi connectivity index (χ3n) is 7.93. The van der Waals surface area contributed by atoms with E-state index in [1.54, 1.807) is 49.9 Å². The van der Waals surface area contributed by atoms with Crippen molar-refractivity contribution in [3.63, 3.8) is 0 Å². The lowest BCUT2D eigenvalue weighted by Gasteiger charge is -2.37. The average Bonchev–Trinajstić information content (AvgIpc) is 2.92. The highest BCUT2D eigenvalue weighted by Crippen LogP contribution is 2.32. The van der Waals surface area contributed by atoms with Gasteiger partial charge in [-0.1, -0.05) is 96.8 Å². The van der Waals surface area contributed by atoms with Crippen LogP contribution in [-0.2, 0) is 14.3 Å². The van der Waals surface area contributed by atoms with Crippen LogP contribution in [0.4, 0.5) is 4.79 Å². The van der Waals surface area contributed by atoms with Crippen LogP contribution in [0.15, 0.2) is 24.3 Å². The number of rotatable bonds is 15. The molecule has 0 radical (unpaired) electrons. The number of carbonyl (C=O) groups is 3. The summed E-state index contributed by atoms with van der Waals surface area (Å²) in [7, 11) is 0. The van der Waals surface area contributed by atoms with Gasteiger partial charge in [0.25, 0.3) is 0 Å². The Kier molecular flexibility index (Phi) is 14.5. The number of nitrogens with zero attached hydrogens (tertiary/aromatic N) is 1. The number of alkyl carbamates (subject to hydrolysis) is 1. The van der Waals surface area contributed by atoms with Crippen molar-refractivity contribution >= 4 is 17.9 Å². The number of hydrogen-bond donors (Lipinski definition) is 3. The highest BCUT2D eigenvalue weighted by molar-refractivity contribution is 5.92. The molecule has 0 bridgehead atoms. The maximum Gasteiger partial charge on any atom is 0.408 e. The van der Waals surface area contributed by atoms with Crippen LogP contribution >= 0.6 is 0 Å². The SMILES string of the molecule is CCCCCCCCN(C(=O)C(NC(=O)OC(C)(C)C)C(C)CC)C(C(=O)NC1CCCCC1)c1ccccc1O. The van der Waals surface area contributed by atoms with Gasteiger partial charge in [-0.15, -0.1) is 0 Å². The lowest BCUT2D eigenvalue weighted by molar-refractivity contribution is -0.144. The van der Waals surface area contributed by atoms with E-state index in [0.29, 0.717) is 18.5 Å². The molecule has 0 aliphatic heterocycles. The molecule has 232 valence electrons. The van der Waals surface area contributed by atoms with Gasteiger partial charge in [0.15, 0.2) is 0 Å². The molecule has 2 rings (SSSR count). The van der Waals surface area contributed by atoms with Gasteiger partial charge in [0, 0.05) is 18.2 Å². The quantitative estimate of drug-likeness (QED) is 0.196. The molecule has 1 aromatic carbocycles. The summed E-state index contributed by atoms with van der Waals surface area (Å²) in [6.45, 7) is 11.7. The maximum absolute atomic E-state index is 14.4. The Morgan fingerprint density at radius 1 is 1.00 bits per heavy atom. The molecule has 3 unspecified atom stereocenters. The first-order valence-corrected chi connectivity index (χ1v) is 15.9. The van der Waals surface area contributed by atoms with Crippen molar-refractivity contribution in [1.82, 2.24) is 15.5 Å². The number of carbonyl (C=O) groups excluding carboxylic acids is 3. The molecule has 1 fully saturated rings. The smallest absolute Gasteiger partial charge is 0.408 e. The molecule has 41 heavy (non-hydrogen) atoms. The Bertz CT molecular complexity index is 954. The van der Waals surface area contributed by atoms with Gasteiger partial charge in [0.05, 0.1) is 0 Å². The van der Waals surface area contributed by atoms with Crippen LogP contribution < -0.4 is 10.6 Å². The van der Waals surface area contributed by atoms with Crippen molar-refractivity contribution in [3.05, 3.63) is 29.8 Å². The molecule has 3 atom stereocenters. The highest BCUT2D eigenvalue weighted by atomic mass is 16.6. The molecule has 8 heteroatoms. The summed E-state index contributed by atoms with van der Waals surface area (Å²) in [5.41, 5.74) is -0.330. The van der Waals surface area contributed by atoms with Crippen molar-refractivity contribution in [2.24, 2.45) is 5.92 Å². The third-order valence-corrected chi connectivity index (χ3v) is 7.93. The fourth-order valence-corrected chi connectivity index (χ4v) is 5.42. The Labute approximate surface area is 248 Å². The number of ether oxygens (including phenoxy) is 1. The first kappa shape index (κ1) is 34.4. The minimum absolute atomic E-state index is 0.0303. The highest BCUT2D eigenvalue weighted by Gasteiger charge is 2.39. The molecular weight excluding hydrogens is 518 g/mol. The predicted octanol–water partition coefficient (Wildman–Crippen LogP) is 7.01. The van der Waals surface area contributed by atoms with Crippen molar-refractivity contribution in [3.8, 4) is 5.75 Å². The molecule has 1 aromatic rings. The first-order chi connectivity index (χ1) is 19.5. The van der Waals surface area contributed by atoms with Crippen molar-refractivity contribution in [2.75, 3.05) is 6.54 Å². The topological polar surface area (TPSA) is 108 Å². The van der Waals surface area contributed by atoms with E-state index in [2.05, 4.69) is 17.6 Å². The lowest BCUT2D eigenvalue weighted by Crippen LogP contribution is -2.56. The number of hydrogen-bond acceptors (Lipinski definition) is 5. The Hall–Kier alpha value is -2.77. The van der Waals surface area contributed by atoms with Crippen LogP contribution in [0.3, 0.4) is 0 Å². The summed E-state index contributed by atoms with van der Waals surface area (Å²) in [5, 5.41) is 16.9. The van der Waals surface area contributed by atoms with E-state index in [1.807, 2.05) is 13.8 Å². The second kappa shape index (κ2) is 17.2. The van der Waals surface area contributed by atoms with Crippen molar-refractivity contribution in [1.29, 1.82) is 0 Å². The second-order valence-electron chi connectivity index (χ2n) is 12.6. The van der Waals surface area contributed by atoms with E-state index in [0.717, 1.165) is 64.2 Å². The van der Waals surface area contributed by atoms with Gasteiger partial charge in [0.2, 0.25) is 11.8 Å². The number of unbranched alkanes of at least 4 members (excludes halogenated alkanes) is 5. The van der Waals surface area contributed by atoms with Crippen LogP contribution in [0, 0.1) is 5.92 Å². The normalized spacial score (nSPS) is 16.3. The average molecular weight is 574 g/mol. The number of phenols is 1. The van der Waals surface area contributed by atoms with Gasteiger partial charge in [-0.3, -0.25) is 9.59 Å². The Balaban J connectivity index is 2.46. The summed E-state index contributed by atoms with van der Waals surface area (Å²) in [4.78, 5) is 42.9. The summed E-state index contributed by atoms with van der Waals surface area (Å²) < 4.78 is 5.50. The van der Waals surface area contributed by atoms with Gasteiger partial charge in [-0.2, -0.15) is 0 Å². The molecule has 8 nitrogen and oxygen atoms in total. The van der Waals surface area contributed by atoms with Crippen molar-refractivity contribution in [2.45, 2.75) is 142 Å². The fraction of sp³-hybridized carbons (Fsp3) is 0.727. The van der Waals surface area contributed by atoms with Gasteiger partial charge < -0.3 is 25.4 Å². The second-order valence-corrected chi connectivity index (χ2v) is 12.6. The van der Waals surface area contributed by atoms with E-state index >= 15 is 0 Å². The minimum atomic E-state index is -1.02. The first-order valence-electron chi connectivity index (χ1n) is 15.9. The molecule has 3 N–H and O–H groups in total. The van der Waals surface area contributed by atoms with Gasteiger partial charge in [-0.25, -0.2) is 4.79 Å². The zero-order valence-corrected chi connectivity index (χ0v) is 26.3. The third kappa shape index (κ3) is 11.6. The van der Waals surface area contributed by atoms with Gasteiger partial charge in [-0.05, 0) is 52.0 Å². The summed E-state index contributed by atoms with van der Waals surface area (Å²) in [6.07, 6.45) is 11.2. The van der Waals surface area contributed by atoms with Crippen molar-refractivity contribution < 1.29 is 24.2 Å². The van der Waals surface area contributed by atoms with Crippen LogP contribution in [0.1, 0.15) is 130 Å². The summed E-state index contributed by atoms with van der Waals surface area (Å²) in [5.74, 6) is -0.866. The molecule has 1 aliphatic carbocycles. The molecule has 0 aromatic heterocycles. The van der Waals surface area contributed by atoms with E-state index in [9.17, 15) is 19.5 Å². The monoisotopic (exact) mass is 573 g/mol. The lowest BCUT2D eigenvalue weighted by atomic mass is 9.93. The number of benzene rings is 1. The molecule has 0 heterocycles. The predicted molar refractivity (Wildman–Crippen MR) is 164 cm³/mol. The fourth-order valence-electron chi connectivity index (χ4n) is 5.42. The number of aromatic hydroxyl groups is 1. The van der Waals surface area contributed by atoms with E-state index < -0.39 is 23.8 Å². The number of amides is 3. The Morgan fingerprint density at radius 2 is 1.63 bits per heavy atom. The molecular formula is C33H55N3O5. The van der Waals surface area contributed by atoms with Crippen LogP contribution in [0.5, 0.6) is 5.75 Å². The van der Waals surface area contributed by atoms with E-state index in [4.69, 9.17) is 4.74 Å². The zero-order chi connectivity index (χ0) is 30.4. The van der Waals surface area contributed by atoms with Gasteiger partial charge in [0.1, 0.15) is 23.4 Å². The molecule has 0 saturated heterocycles. The number of para-hydroxylation sites is 1. The maximum atomic E-state index is 14.4. The summed E-state index contributed by atoms with van der Waals surface area (Å²) >= 11 is 0. The summed E-state index contributed by atoms with van der Waals surface area (Å²) in [6, 6.07) is 4.88. The molecule has 1 saturated carbocycles. The van der Waals surface area contributed by atoms with Crippen LogP contribution in [0.25, 0.3) is 0 Å². The van der Waals surface area contributed by atoms with Crippen LogP contribution in [-0.4, -0.2) is 52.1 Å². The molecule has 3 amide bonds. The number of phenolic OH excluding ortho intramolecular Hbond substituents is 1. The van der Waals surface area contributed by atoms with Crippen LogP contribution in [0.2, 0.25) is 0 Å². The molecule has 0 spiro atoms. The minimum Gasteiger partial charge on any atom is -0.508 e. The standard InChI is InChI=1S/C33H55N3O5/c1-7-9-10-11-12-18-23-36(31(39)28(24(3)8-2)35-32(40)41-33(4,5)6)29(26-21-16-17-22-27(26)37)30(38)34-25-19-14-13-15-20-25/h16-17,21-22,24-25,28-29,37H,7-15,18-20,23H2,1-6H3,(H,34,38)(H,35,40). The largest absolute Gasteiger partial charge is 0.508 e. The zero-order valence-electron chi connectivity index (χ0n) is 26.3. The van der Waals surface area contributed by atoms with E-state index in [-0.39, 0.29) is 29.5 Å².